The van der Waals surface area contributed by atoms with Crippen molar-refractivity contribution in [2.75, 3.05) is 33.5 Å². The molecule has 3 unspecified atom stereocenters. The molecule has 3 rings (SSSR count). The highest BCUT2D eigenvalue weighted by molar-refractivity contribution is 5.10. The van der Waals surface area contributed by atoms with Crippen LogP contribution in [-0.2, 0) is 14.2 Å². The van der Waals surface area contributed by atoms with Crippen LogP contribution < -0.4 is 5.32 Å². The van der Waals surface area contributed by atoms with E-state index < -0.39 is 0 Å². The highest BCUT2D eigenvalue weighted by atomic mass is 16.5. The second kappa shape index (κ2) is 5.91. The molecule has 0 aromatic carbocycles. The van der Waals surface area contributed by atoms with Gasteiger partial charge in [-0.2, -0.15) is 0 Å². The summed E-state index contributed by atoms with van der Waals surface area (Å²) in [6.07, 6.45) is 8.02. The lowest BCUT2D eigenvalue weighted by molar-refractivity contribution is -0.135. The molecule has 4 heteroatoms. The Morgan fingerprint density at radius 1 is 1.25 bits per heavy atom. The average Bonchev–Trinajstić information content (AvgIpc) is 3.12. The molecule has 2 saturated carbocycles. The van der Waals surface area contributed by atoms with Gasteiger partial charge in [0.1, 0.15) is 5.60 Å². The quantitative estimate of drug-likeness (QED) is 0.810. The predicted octanol–water partition coefficient (Wildman–Crippen LogP) is 2.12. The van der Waals surface area contributed by atoms with E-state index in [0.717, 1.165) is 39.2 Å². The minimum absolute atomic E-state index is 0.101. The molecule has 3 fully saturated rings. The SMILES string of the molecule is CCOC1CC(NCC2(OC)CCOC2)C12CCCC2. The highest BCUT2D eigenvalue weighted by Crippen LogP contribution is 2.54. The van der Waals surface area contributed by atoms with E-state index >= 15 is 0 Å². The van der Waals surface area contributed by atoms with E-state index in [1.165, 1.54) is 25.7 Å². The average molecular weight is 283 g/mol. The van der Waals surface area contributed by atoms with Crippen LogP contribution in [-0.4, -0.2) is 51.2 Å². The van der Waals surface area contributed by atoms with E-state index in [-0.39, 0.29) is 5.60 Å². The first-order chi connectivity index (χ1) is 9.75. The molecule has 1 saturated heterocycles. The summed E-state index contributed by atoms with van der Waals surface area (Å²) in [6.45, 7) is 5.42. The van der Waals surface area contributed by atoms with E-state index in [0.29, 0.717) is 17.6 Å². The molecule has 1 N–H and O–H groups in total. The summed E-state index contributed by atoms with van der Waals surface area (Å²) in [5, 5.41) is 3.79. The van der Waals surface area contributed by atoms with E-state index in [1.807, 2.05) is 7.11 Å². The van der Waals surface area contributed by atoms with Crippen molar-refractivity contribution in [1.82, 2.24) is 5.32 Å². The molecule has 3 aliphatic rings. The highest BCUT2D eigenvalue weighted by Gasteiger charge is 2.56. The Morgan fingerprint density at radius 3 is 2.65 bits per heavy atom. The van der Waals surface area contributed by atoms with Crippen molar-refractivity contribution < 1.29 is 14.2 Å². The normalized spacial score (nSPS) is 39.3. The van der Waals surface area contributed by atoms with Crippen molar-refractivity contribution in [3.05, 3.63) is 0 Å². The lowest BCUT2D eigenvalue weighted by Crippen LogP contribution is -2.64. The number of rotatable bonds is 6. The molecule has 116 valence electrons. The molecule has 20 heavy (non-hydrogen) atoms. The molecule has 0 aromatic heterocycles. The van der Waals surface area contributed by atoms with Crippen LogP contribution in [0.25, 0.3) is 0 Å². The number of nitrogens with one attached hydrogen (secondary N) is 1. The second-order valence-corrected chi connectivity index (χ2v) is 6.74. The van der Waals surface area contributed by atoms with Gasteiger partial charge in [0.15, 0.2) is 0 Å². The maximum absolute atomic E-state index is 5.97. The van der Waals surface area contributed by atoms with Gasteiger partial charge in [0.2, 0.25) is 0 Å². The molecule has 4 nitrogen and oxygen atoms in total. The van der Waals surface area contributed by atoms with Gasteiger partial charge in [-0.05, 0) is 26.2 Å². The number of hydrogen-bond acceptors (Lipinski definition) is 4. The zero-order valence-electron chi connectivity index (χ0n) is 13.0. The summed E-state index contributed by atoms with van der Waals surface area (Å²) >= 11 is 0. The monoisotopic (exact) mass is 283 g/mol. The molecule has 1 heterocycles. The first-order valence-corrected chi connectivity index (χ1v) is 8.23. The third kappa shape index (κ3) is 2.41. The fourth-order valence-corrected chi connectivity index (χ4v) is 4.44. The molecule has 0 radical (unpaired) electrons. The Morgan fingerprint density at radius 2 is 2.05 bits per heavy atom. The first-order valence-electron chi connectivity index (χ1n) is 8.23. The third-order valence-electron chi connectivity index (χ3n) is 5.86. The number of methoxy groups -OCH3 is 1. The third-order valence-corrected chi connectivity index (χ3v) is 5.86. The smallest absolute Gasteiger partial charge is 0.106 e. The van der Waals surface area contributed by atoms with Gasteiger partial charge in [-0.15, -0.1) is 0 Å². The van der Waals surface area contributed by atoms with Crippen molar-refractivity contribution in [1.29, 1.82) is 0 Å². The Hall–Kier alpha value is -0.160. The first kappa shape index (κ1) is 14.8. The van der Waals surface area contributed by atoms with Gasteiger partial charge in [-0.25, -0.2) is 0 Å². The van der Waals surface area contributed by atoms with Gasteiger partial charge in [0.05, 0.1) is 12.7 Å². The van der Waals surface area contributed by atoms with Crippen LogP contribution in [0.15, 0.2) is 0 Å². The summed E-state index contributed by atoms with van der Waals surface area (Å²) < 4.78 is 17.2. The maximum Gasteiger partial charge on any atom is 0.106 e. The van der Waals surface area contributed by atoms with Crippen molar-refractivity contribution in [3.8, 4) is 0 Å². The maximum atomic E-state index is 5.97. The summed E-state index contributed by atoms with van der Waals surface area (Å²) in [4.78, 5) is 0. The van der Waals surface area contributed by atoms with Crippen LogP contribution >= 0.6 is 0 Å². The van der Waals surface area contributed by atoms with Crippen molar-refractivity contribution >= 4 is 0 Å². The van der Waals surface area contributed by atoms with E-state index in [9.17, 15) is 0 Å². The Labute approximate surface area is 122 Å². The summed E-state index contributed by atoms with van der Waals surface area (Å²) in [6, 6.07) is 0.606. The van der Waals surface area contributed by atoms with Gasteiger partial charge in [-0.3, -0.25) is 0 Å². The zero-order valence-corrected chi connectivity index (χ0v) is 13.0. The molecular formula is C16H29NO3. The molecule has 2 aliphatic carbocycles. The van der Waals surface area contributed by atoms with Crippen LogP contribution in [0.2, 0.25) is 0 Å². The van der Waals surface area contributed by atoms with Crippen molar-refractivity contribution in [2.45, 2.75) is 63.2 Å². The topological polar surface area (TPSA) is 39.7 Å². The van der Waals surface area contributed by atoms with Crippen LogP contribution in [0.3, 0.4) is 0 Å². The van der Waals surface area contributed by atoms with Crippen LogP contribution in [0.1, 0.15) is 45.4 Å². The number of ether oxygens (including phenoxy) is 3. The Kier molecular flexibility index (Phi) is 4.37. The second-order valence-electron chi connectivity index (χ2n) is 6.74. The standard InChI is InChI=1S/C16H29NO3/c1-3-20-14-10-13(16(14)6-4-5-7-16)17-11-15(18-2)8-9-19-12-15/h13-14,17H,3-12H2,1-2H3. The summed E-state index contributed by atoms with van der Waals surface area (Å²) in [5.41, 5.74) is 0.306. The lowest BCUT2D eigenvalue weighted by Gasteiger charge is -2.55. The van der Waals surface area contributed by atoms with Crippen molar-refractivity contribution in [3.63, 3.8) is 0 Å². The van der Waals surface area contributed by atoms with E-state index in [4.69, 9.17) is 14.2 Å². The minimum atomic E-state index is -0.101. The lowest BCUT2D eigenvalue weighted by atomic mass is 9.60. The van der Waals surface area contributed by atoms with Crippen LogP contribution in [0, 0.1) is 5.41 Å². The van der Waals surface area contributed by atoms with Gasteiger partial charge >= 0.3 is 0 Å². The molecule has 1 aliphatic heterocycles. The predicted molar refractivity (Wildman–Crippen MR) is 77.9 cm³/mol. The van der Waals surface area contributed by atoms with Gasteiger partial charge in [-0.1, -0.05) is 12.8 Å². The molecule has 0 bridgehead atoms. The van der Waals surface area contributed by atoms with E-state index in [2.05, 4.69) is 12.2 Å². The minimum Gasteiger partial charge on any atom is -0.378 e. The van der Waals surface area contributed by atoms with Crippen molar-refractivity contribution in [2.24, 2.45) is 5.41 Å². The Bertz CT molecular complexity index is 322. The fraction of sp³-hybridized carbons (Fsp3) is 1.00. The summed E-state index contributed by atoms with van der Waals surface area (Å²) in [7, 11) is 1.81. The molecule has 0 aromatic rings. The molecule has 3 atom stereocenters. The van der Waals surface area contributed by atoms with Crippen LogP contribution in [0.4, 0.5) is 0 Å². The zero-order chi connectivity index (χ0) is 14.1. The van der Waals surface area contributed by atoms with E-state index in [1.54, 1.807) is 0 Å². The van der Waals surface area contributed by atoms with Gasteiger partial charge in [0, 0.05) is 44.7 Å². The molecule has 0 amide bonds. The van der Waals surface area contributed by atoms with Gasteiger partial charge in [0.25, 0.3) is 0 Å². The molecule has 1 spiro atoms. The molecular weight excluding hydrogens is 254 g/mol. The van der Waals surface area contributed by atoms with Gasteiger partial charge < -0.3 is 19.5 Å². The number of hydrogen-bond donors (Lipinski definition) is 1. The Balaban J connectivity index is 1.58. The summed E-state index contributed by atoms with van der Waals surface area (Å²) in [5.74, 6) is 0. The van der Waals surface area contributed by atoms with Crippen LogP contribution in [0.5, 0.6) is 0 Å². The fourth-order valence-electron chi connectivity index (χ4n) is 4.44. The largest absolute Gasteiger partial charge is 0.378 e.